The molecule has 0 aliphatic carbocycles. The third kappa shape index (κ3) is 2.90. The zero-order chi connectivity index (χ0) is 15.6. The quantitative estimate of drug-likeness (QED) is 0.805. The molecule has 1 N–H and O–H groups in total. The number of hydrogen-bond donors (Lipinski definition) is 1. The van der Waals surface area contributed by atoms with E-state index in [0.29, 0.717) is 13.1 Å². The molecule has 2 aromatic heterocycles. The number of fused-ring (bicyclic) bond motifs is 1. The Morgan fingerprint density at radius 1 is 1.17 bits per heavy atom. The molecule has 118 valence electrons. The highest BCUT2D eigenvalue weighted by Gasteiger charge is 2.34. The molecule has 1 aliphatic heterocycles. The minimum absolute atomic E-state index is 0.274. The first-order valence-electron chi connectivity index (χ1n) is 7.65. The van der Waals surface area contributed by atoms with Crippen LogP contribution < -0.4 is 4.90 Å². The SMILES string of the molecule is F[C@@H]1CN(c2ccccn2)C[C@@H]1OCc1nc2ccccc2[nH]1. The number of pyridine rings is 1. The first kappa shape index (κ1) is 14.1. The molecular weight excluding hydrogens is 295 g/mol. The van der Waals surface area contributed by atoms with E-state index in [1.54, 1.807) is 6.20 Å². The van der Waals surface area contributed by atoms with Gasteiger partial charge >= 0.3 is 0 Å². The van der Waals surface area contributed by atoms with Gasteiger partial charge in [-0.1, -0.05) is 18.2 Å². The fourth-order valence-electron chi connectivity index (χ4n) is 2.88. The highest BCUT2D eigenvalue weighted by Crippen LogP contribution is 2.23. The van der Waals surface area contributed by atoms with Gasteiger partial charge in [-0.3, -0.25) is 0 Å². The van der Waals surface area contributed by atoms with Crippen LogP contribution in [-0.2, 0) is 11.3 Å². The summed E-state index contributed by atoms with van der Waals surface area (Å²) in [5, 5.41) is 0. The van der Waals surface area contributed by atoms with Crippen molar-refractivity contribution in [3.63, 3.8) is 0 Å². The highest BCUT2D eigenvalue weighted by molar-refractivity contribution is 5.74. The van der Waals surface area contributed by atoms with E-state index in [2.05, 4.69) is 15.0 Å². The normalized spacial score (nSPS) is 21.2. The largest absolute Gasteiger partial charge is 0.365 e. The van der Waals surface area contributed by atoms with Crippen molar-refractivity contribution in [3.8, 4) is 0 Å². The van der Waals surface area contributed by atoms with Gasteiger partial charge < -0.3 is 14.6 Å². The van der Waals surface area contributed by atoms with Crippen LogP contribution >= 0.6 is 0 Å². The van der Waals surface area contributed by atoms with E-state index >= 15 is 0 Å². The number of nitrogens with one attached hydrogen (secondary N) is 1. The number of alkyl halides is 1. The van der Waals surface area contributed by atoms with Crippen molar-refractivity contribution in [1.82, 2.24) is 15.0 Å². The summed E-state index contributed by atoms with van der Waals surface area (Å²) in [5.41, 5.74) is 1.86. The number of anilines is 1. The zero-order valence-electron chi connectivity index (χ0n) is 12.5. The lowest BCUT2D eigenvalue weighted by Crippen LogP contribution is -2.24. The van der Waals surface area contributed by atoms with Gasteiger partial charge in [0.05, 0.1) is 17.6 Å². The molecule has 6 heteroatoms. The lowest BCUT2D eigenvalue weighted by molar-refractivity contribution is 0.0115. The average Bonchev–Trinajstić information content (AvgIpc) is 3.16. The summed E-state index contributed by atoms with van der Waals surface area (Å²) in [6, 6.07) is 13.4. The van der Waals surface area contributed by atoms with Crippen LogP contribution in [0.4, 0.5) is 10.2 Å². The van der Waals surface area contributed by atoms with Crippen LogP contribution in [0, 0.1) is 0 Å². The van der Waals surface area contributed by atoms with E-state index in [1.807, 2.05) is 47.4 Å². The number of halogens is 1. The van der Waals surface area contributed by atoms with Gasteiger partial charge in [-0.2, -0.15) is 0 Å². The van der Waals surface area contributed by atoms with E-state index in [9.17, 15) is 4.39 Å². The number of hydrogen-bond acceptors (Lipinski definition) is 4. The van der Waals surface area contributed by atoms with E-state index in [4.69, 9.17) is 4.74 Å². The van der Waals surface area contributed by atoms with Crippen LogP contribution in [-0.4, -0.2) is 40.3 Å². The average molecular weight is 312 g/mol. The molecule has 0 spiro atoms. The second kappa shape index (κ2) is 5.96. The fraction of sp³-hybridized carbons (Fsp3) is 0.294. The third-order valence-electron chi connectivity index (χ3n) is 4.04. The lowest BCUT2D eigenvalue weighted by atomic mass is 10.3. The smallest absolute Gasteiger partial charge is 0.145 e. The lowest BCUT2D eigenvalue weighted by Gasteiger charge is -2.16. The molecule has 0 amide bonds. The Balaban J connectivity index is 1.41. The standard InChI is InChI=1S/C17H17FN4O/c18-12-9-22(17-7-3-4-8-19-17)10-15(12)23-11-16-20-13-5-1-2-6-14(13)21-16/h1-8,12,15H,9-11H2,(H,20,21)/t12-,15+/m1/s1. The monoisotopic (exact) mass is 312 g/mol. The maximum atomic E-state index is 14.2. The second-order valence-electron chi connectivity index (χ2n) is 5.66. The molecule has 0 saturated carbocycles. The topological polar surface area (TPSA) is 54.0 Å². The van der Waals surface area contributed by atoms with E-state index in [-0.39, 0.29) is 6.61 Å². The molecule has 23 heavy (non-hydrogen) atoms. The van der Waals surface area contributed by atoms with Crippen LogP contribution in [0.3, 0.4) is 0 Å². The van der Waals surface area contributed by atoms with Gasteiger partial charge in [-0.15, -0.1) is 0 Å². The summed E-state index contributed by atoms with van der Waals surface area (Å²) >= 11 is 0. The number of benzene rings is 1. The Hall–Kier alpha value is -2.47. The van der Waals surface area contributed by atoms with Gasteiger partial charge in [0.1, 0.15) is 30.5 Å². The number of para-hydroxylation sites is 2. The summed E-state index contributed by atoms with van der Waals surface area (Å²) in [6.07, 6.45) is 0.220. The number of nitrogens with zero attached hydrogens (tertiary/aromatic N) is 3. The molecule has 4 rings (SSSR count). The molecule has 5 nitrogen and oxygen atoms in total. The summed E-state index contributed by atoms with van der Waals surface area (Å²) in [6.45, 7) is 1.08. The van der Waals surface area contributed by atoms with Crippen LogP contribution in [0.15, 0.2) is 48.7 Å². The minimum atomic E-state index is -1.03. The Kier molecular flexibility index (Phi) is 3.67. The van der Waals surface area contributed by atoms with Crippen LogP contribution in [0.25, 0.3) is 11.0 Å². The van der Waals surface area contributed by atoms with Crippen LogP contribution in [0.1, 0.15) is 5.82 Å². The van der Waals surface area contributed by atoms with Crippen molar-refractivity contribution in [2.24, 2.45) is 0 Å². The number of imidazole rings is 1. The first-order chi connectivity index (χ1) is 11.3. The summed E-state index contributed by atoms with van der Waals surface area (Å²) in [7, 11) is 0. The Morgan fingerprint density at radius 2 is 2.04 bits per heavy atom. The number of ether oxygens (including phenoxy) is 1. The molecule has 3 aromatic rings. The Morgan fingerprint density at radius 3 is 2.87 bits per heavy atom. The van der Waals surface area contributed by atoms with Gasteiger partial charge in [0.2, 0.25) is 0 Å². The van der Waals surface area contributed by atoms with Gasteiger partial charge in [0.25, 0.3) is 0 Å². The molecule has 0 unspecified atom stereocenters. The van der Waals surface area contributed by atoms with E-state index in [1.165, 1.54) is 0 Å². The molecule has 3 heterocycles. The maximum Gasteiger partial charge on any atom is 0.145 e. The first-order valence-corrected chi connectivity index (χ1v) is 7.65. The molecular formula is C17H17FN4O. The van der Waals surface area contributed by atoms with Crippen molar-refractivity contribution in [1.29, 1.82) is 0 Å². The van der Waals surface area contributed by atoms with Gasteiger partial charge in [-0.05, 0) is 24.3 Å². The minimum Gasteiger partial charge on any atom is -0.365 e. The van der Waals surface area contributed by atoms with E-state index < -0.39 is 12.3 Å². The van der Waals surface area contributed by atoms with Crippen LogP contribution in [0.2, 0.25) is 0 Å². The van der Waals surface area contributed by atoms with Crippen molar-refractivity contribution >= 4 is 16.9 Å². The molecule has 0 bridgehead atoms. The van der Waals surface area contributed by atoms with Gasteiger partial charge in [0.15, 0.2) is 0 Å². The number of aromatic nitrogens is 3. The number of aromatic amines is 1. The summed E-state index contributed by atoms with van der Waals surface area (Å²) in [5.74, 6) is 1.50. The molecule has 2 atom stereocenters. The summed E-state index contributed by atoms with van der Waals surface area (Å²) < 4.78 is 20.0. The third-order valence-corrected chi connectivity index (χ3v) is 4.04. The van der Waals surface area contributed by atoms with E-state index in [0.717, 1.165) is 22.7 Å². The van der Waals surface area contributed by atoms with Crippen molar-refractivity contribution in [3.05, 3.63) is 54.5 Å². The van der Waals surface area contributed by atoms with Gasteiger partial charge in [-0.25, -0.2) is 14.4 Å². The molecule has 1 aromatic carbocycles. The maximum absolute atomic E-state index is 14.2. The number of H-pyrrole nitrogens is 1. The predicted octanol–water partition coefficient (Wildman–Crippen LogP) is 2.70. The Bertz CT molecular complexity index is 758. The second-order valence-corrected chi connectivity index (χ2v) is 5.66. The highest BCUT2D eigenvalue weighted by atomic mass is 19.1. The zero-order valence-corrected chi connectivity index (χ0v) is 12.5. The van der Waals surface area contributed by atoms with Crippen LogP contribution in [0.5, 0.6) is 0 Å². The molecule has 1 aliphatic rings. The van der Waals surface area contributed by atoms with Gasteiger partial charge in [0, 0.05) is 12.7 Å². The Labute approximate surface area is 133 Å². The fourth-order valence-corrected chi connectivity index (χ4v) is 2.88. The molecule has 0 radical (unpaired) electrons. The van der Waals surface area contributed by atoms with Crippen molar-refractivity contribution in [2.45, 2.75) is 18.9 Å². The molecule has 1 saturated heterocycles. The number of rotatable bonds is 4. The summed E-state index contributed by atoms with van der Waals surface area (Å²) in [4.78, 5) is 13.8. The van der Waals surface area contributed by atoms with Crippen molar-refractivity contribution in [2.75, 3.05) is 18.0 Å². The molecule has 1 fully saturated rings. The predicted molar refractivity (Wildman–Crippen MR) is 86.0 cm³/mol. The van der Waals surface area contributed by atoms with Crippen molar-refractivity contribution < 1.29 is 9.13 Å².